The number of carbonyl (C=O) groups is 3. The molecule has 1 aliphatic heterocycles. The molecule has 3 unspecified atom stereocenters. The topological polar surface area (TPSA) is 95.9 Å². The number of carboxylic acid groups (broad SMARTS) is 1. The third kappa shape index (κ3) is 4.90. The molecule has 1 fully saturated rings. The number of benzene rings is 2. The lowest BCUT2D eigenvalue weighted by atomic mass is 9.81. The highest BCUT2D eigenvalue weighted by molar-refractivity contribution is 5.82. The third-order valence-electron chi connectivity index (χ3n) is 7.75. The Balaban J connectivity index is 1.21. The normalized spacial score (nSPS) is 21.8. The van der Waals surface area contributed by atoms with Crippen LogP contribution in [0.2, 0.25) is 0 Å². The summed E-state index contributed by atoms with van der Waals surface area (Å²) in [6.07, 6.45) is 0.782. The number of nitrogens with zero attached hydrogens (tertiary/aromatic N) is 1. The van der Waals surface area contributed by atoms with Gasteiger partial charge < -0.3 is 20.1 Å². The van der Waals surface area contributed by atoms with Crippen molar-refractivity contribution in [2.75, 3.05) is 26.2 Å². The first-order valence-electron chi connectivity index (χ1n) is 12.3. The van der Waals surface area contributed by atoms with Gasteiger partial charge in [0.25, 0.3) is 0 Å². The number of fused-ring (bicyclic) bond motifs is 3. The lowest BCUT2D eigenvalue weighted by molar-refractivity contribution is -0.149. The molecular formula is C28H34N2O5. The van der Waals surface area contributed by atoms with Crippen LogP contribution in [0.5, 0.6) is 0 Å². The van der Waals surface area contributed by atoms with E-state index in [9.17, 15) is 19.5 Å². The van der Waals surface area contributed by atoms with Crippen LogP contribution in [-0.4, -0.2) is 54.2 Å². The fourth-order valence-electron chi connectivity index (χ4n) is 5.28. The zero-order valence-corrected chi connectivity index (χ0v) is 20.6. The molecule has 2 aliphatic rings. The van der Waals surface area contributed by atoms with Crippen molar-refractivity contribution in [3.63, 3.8) is 0 Å². The maximum atomic E-state index is 12.8. The summed E-state index contributed by atoms with van der Waals surface area (Å²) in [6.45, 7) is 6.83. The van der Waals surface area contributed by atoms with Gasteiger partial charge in [0.2, 0.25) is 5.91 Å². The summed E-state index contributed by atoms with van der Waals surface area (Å²) in [7, 11) is 0. The average Bonchev–Trinajstić information content (AvgIpc) is 3.34. The second kappa shape index (κ2) is 10.1. The largest absolute Gasteiger partial charge is 0.481 e. The zero-order chi connectivity index (χ0) is 25.2. The maximum absolute atomic E-state index is 12.8. The van der Waals surface area contributed by atoms with Gasteiger partial charge in [-0.1, -0.05) is 62.4 Å². The number of hydrogen-bond acceptors (Lipinski definition) is 4. The Hall–Kier alpha value is -3.35. The van der Waals surface area contributed by atoms with E-state index in [-0.39, 0.29) is 36.8 Å². The zero-order valence-electron chi connectivity index (χ0n) is 20.6. The minimum atomic E-state index is -0.902. The smallest absolute Gasteiger partial charge is 0.407 e. The highest BCUT2D eigenvalue weighted by atomic mass is 16.5. The Kier molecular flexibility index (Phi) is 7.15. The SMILES string of the molecule is CC(CCCNC(=O)OCC1c2ccccc2-c2ccccc21)C(=O)N1CC(C)C(C)(C(=O)O)C1. The summed E-state index contributed by atoms with van der Waals surface area (Å²) in [4.78, 5) is 38.4. The van der Waals surface area contributed by atoms with Crippen molar-refractivity contribution in [3.8, 4) is 11.1 Å². The number of alkyl carbamates (subject to hydrolysis) is 1. The molecule has 1 saturated heterocycles. The molecule has 186 valence electrons. The Bertz CT molecular complexity index is 1070. The van der Waals surface area contributed by atoms with E-state index in [4.69, 9.17) is 4.74 Å². The van der Waals surface area contributed by atoms with Crippen LogP contribution in [0.15, 0.2) is 48.5 Å². The van der Waals surface area contributed by atoms with Crippen molar-refractivity contribution in [2.24, 2.45) is 17.3 Å². The van der Waals surface area contributed by atoms with Crippen molar-refractivity contribution in [3.05, 3.63) is 59.7 Å². The van der Waals surface area contributed by atoms with E-state index < -0.39 is 17.5 Å². The van der Waals surface area contributed by atoms with Crippen LogP contribution in [-0.2, 0) is 14.3 Å². The van der Waals surface area contributed by atoms with Crippen molar-refractivity contribution >= 4 is 18.0 Å². The molecular weight excluding hydrogens is 444 g/mol. The molecule has 0 radical (unpaired) electrons. The van der Waals surface area contributed by atoms with Gasteiger partial charge in [0.1, 0.15) is 6.61 Å². The molecule has 4 rings (SSSR count). The number of amides is 2. The predicted molar refractivity (Wildman–Crippen MR) is 133 cm³/mol. The molecule has 0 spiro atoms. The van der Waals surface area contributed by atoms with Gasteiger partial charge in [-0.05, 0) is 47.9 Å². The van der Waals surface area contributed by atoms with Crippen molar-refractivity contribution < 1.29 is 24.2 Å². The van der Waals surface area contributed by atoms with Crippen LogP contribution in [0.3, 0.4) is 0 Å². The molecule has 0 saturated carbocycles. The number of carbonyl (C=O) groups excluding carboxylic acids is 2. The van der Waals surface area contributed by atoms with E-state index in [0.29, 0.717) is 25.9 Å². The number of rotatable bonds is 8. The molecule has 0 aromatic heterocycles. The number of ether oxygens (including phenoxy) is 1. The third-order valence-corrected chi connectivity index (χ3v) is 7.75. The Labute approximate surface area is 206 Å². The molecule has 1 heterocycles. The second-order valence-corrected chi connectivity index (χ2v) is 10.1. The Morgan fingerprint density at radius 3 is 2.29 bits per heavy atom. The van der Waals surface area contributed by atoms with Crippen LogP contribution >= 0.6 is 0 Å². The quantitative estimate of drug-likeness (QED) is 0.544. The van der Waals surface area contributed by atoms with Crippen molar-refractivity contribution in [1.82, 2.24) is 10.2 Å². The number of aliphatic carboxylic acids is 1. The number of nitrogens with one attached hydrogen (secondary N) is 1. The van der Waals surface area contributed by atoms with E-state index in [2.05, 4.69) is 29.6 Å². The van der Waals surface area contributed by atoms with Gasteiger partial charge in [-0.3, -0.25) is 9.59 Å². The Morgan fingerprint density at radius 2 is 1.71 bits per heavy atom. The van der Waals surface area contributed by atoms with Crippen LogP contribution in [0.4, 0.5) is 4.79 Å². The molecule has 2 amide bonds. The monoisotopic (exact) mass is 478 g/mol. The summed E-state index contributed by atoms with van der Waals surface area (Å²) in [6, 6.07) is 16.4. The summed E-state index contributed by atoms with van der Waals surface area (Å²) in [5.41, 5.74) is 3.81. The Morgan fingerprint density at radius 1 is 1.11 bits per heavy atom. The first kappa shape index (κ1) is 24.8. The summed E-state index contributed by atoms with van der Waals surface area (Å²) >= 11 is 0. The van der Waals surface area contributed by atoms with E-state index >= 15 is 0 Å². The number of hydrogen-bond donors (Lipinski definition) is 2. The van der Waals surface area contributed by atoms with Crippen LogP contribution in [0.25, 0.3) is 11.1 Å². The summed E-state index contributed by atoms with van der Waals surface area (Å²) in [5, 5.41) is 12.3. The van der Waals surface area contributed by atoms with Gasteiger partial charge in [0, 0.05) is 31.5 Å². The van der Waals surface area contributed by atoms with Crippen LogP contribution in [0, 0.1) is 17.3 Å². The maximum Gasteiger partial charge on any atom is 0.407 e. The van der Waals surface area contributed by atoms with Gasteiger partial charge in [0.05, 0.1) is 5.41 Å². The van der Waals surface area contributed by atoms with Crippen LogP contribution < -0.4 is 5.32 Å². The second-order valence-electron chi connectivity index (χ2n) is 10.1. The lowest BCUT2D eigenvalue weighted by Gasteiger charge is -2.24. The molecule has 2 aromatic carbocycles. The highest BCUT2D eigenvalue weighted by Crippen LogP contribution is 2.44. The fraction of sp³-hybridized carbons (Fsp3) is 0.464. The minimum absolute atomic E-state index is 0.0186. The summed E-state index contributed by atoms with van der Waals surface area (Å²) < 4.78 is 5.55. The number of likely N-dealkylation sites (tertiary alicyclic amines) is 1. The van der Waals surface area contributed by atoms with Gasteiger partial charge >= 0.3 is 12.1 Å². The van der Waals surface area contributed by atoms with Crippen molar-refractivity contribution in [2.45, 2.75) is 39.5 Å². The molecule has 35 heavy (non-hydrogen) atoms. The van der Waals surface area contributed by atoms with Gasteiger partial charge in [0.15, 0.2) is 0 Å². The van der Waals surface area contributed by atoms with E-state index in [1.807, 2.05) is 38.1 Å². The van der Waals surface area contributed by atoms with E-state index in [1.54, 1.807) is 11.8 Å². The van der Waals surface area contributed by atoms with Crippen LogP contribution in [0.1, 0.15) is 50.7 Å². The molecule has 3 atom stereocenters. The highest BCUT2D eigenvalue weighted by Gasteiger charge is 2.48. The number of carboxylic acids is 1. The lowest BCUT2D eigenvalue weighted by Crippen LogP contribution is -2.38. The predicted octanol–water partition coefficient (Wildman–Crippen LogP) is 4.51. The molecule has 7 nitrogen and oxygen atoms in total. The summed E-state index contributed by atoms with van der Waals surface area (Å²) in [5.74, 6) is -1.19. The molecule has 2 N–H and O–H groups in total. The first-order chi connectivity index (χ1) is 16.7. The van der Waals surface area contributed by atoms with E-state index in [0.717, 1.165) is 0 Å². The molecule has 7 heteroatoms. The standard InChI is InChI=1S/C28H34N2O5/c1-18(25(31)30-15-19(2)28(3,17-30)26(32)33)9-8-14-29-27(34)35-16-24-22-12-6-4-10-20(22)21-11-5-7-13-23(21)24/h4-7,10-13,18-19,24H,8-9,14-17H2,1-3H3,(H,29,34)(H,32,33). The molecule has 1 aliphatic carbocycles. The van der Waals surface area contributed by atoms with Gasteiger partial charge in [-0.25, -0.2) is 4.79 Å². The first-order valence-corrected chi connectivity index (χ1v) is 12.3. The van der Waals surface area contributed by atoms with Crippen molar-refractivity contribution in [1.29, 1.82) is 0 Å². The fourth-order valence-corrected chi connectivity index (χ4v) is 5.28. The van der Waals surface area contributed by atoms with Gasteiger partial charge in [-0.15, -0.1) is 0 Å². The van der Waals surface area contributed by atoms with E-state index in [1.165, 1.54) is 22.3 Å². The molecule has 0 bridgehead atoms. The molecule has 2 aromatic rings. The van der Waals surface area contributed by atoms with Gasteiger partial charge in [-0.2, -0.15) is 0 Å². The average molecular weight is 479 g/mol. The minimum Gasteiger partial charge on any atom is -0.481 e.